The molecule has 0 amide bonds. The molecular weight excluding hydrogens is 218 g/mol. The number of halogens is 1. The third kappa shape index (κ3) is 1.02. The van der Waals surface area contributed by atoms with Gasteiger partial charge in [0.2, 0.25) is 0 Å². The largest absolute Gasteiger partial charge is 0.468 e. The number of hydrogen-bond donors (Lipinski definition) is 0. The van der Waals surface area contributed by atoms with Crippen LogP contribution in [0.25, 0.3) is 0 Å². The molecule has 2 atom stereocenters. The molecule has 1 saturated carbocycles. The number of alkyl halides is 1. The Morgan fingerprint density at radius 3 is 2.93 bits per heavy atom. The second kappa shape index (κ2) is 2.87. The Bertz CT molecular complexity index is 318. The maximum Gasteiger partial charge on any atom is 0.331 e. The molecule has 1 spiro atoms. The second-order valence-electron chi connectivity index (χ2n) is 4.59. The van der Waals surface area contributed by atoms with Crippen LogP contribution in [-0.2, 0) is 14.4 Å². The molecule has 2 aliphatic heterocycles. The van der Waals surface area contributed by atoms with Crippen LogP contribution in [0.5, 0.6) is 0 Å². The minimum Gasteiger partial charge on any atom is -0.468 e. The summed E-state index contributed by atoms with van der Waals surface area (Å²) in [6.45, 7) is 0.873. The topological polar surface area (TPSA) is 38.8 Å². The molecule has 5 heteroatoms. The molecule has 3 aliphatic rings. The van der Waals surface area contributed by atoms with Gasteiger partial charge >= 0.3 is 5.97 Å². The number of hydrogen-bond acceptors (Lipinski definition) is 4. The molecule has 2 saturated heterocycles. The number of fused-ring (bicyclic) bond motifs is 1. The van der Waals surface area contributed by atoms with Gasteiger partial charge in [0.1, 0.15) is 5.60 Å². The van der Waals surface area contributed by atoms with Gasteiger partial charge in [0.25, 0.3) is 0 Å². The van der Waals surface area contributed by atoms with E-state index in [2.05, 4.69) is 0 Å². The standard InChI is InChI=1S/C10H14ClNO3/c1-14-8(13)10(11)7-3-2-6-12(7)15-9(10)4-5-9/h7H,2-6H2,1H3/t7-,10+/m0/s1. The highest BCUT2D eigenvalue weighted by atomic mass is 35.5. The summed E-state index contributed by atoms with van der Waals surface area (Å²) in [6, 6.07) is -0.00545. The van der Waals surface area contributed by atoms with Gasteiger partial charge in [-0.3, -0.25) is 4.84 Å². The number of rotatable bonds is 1. The number of esters is 1. The Balaban J connectivity index is 1.99. The van der Waals surface area contributed by atoms with E-state index in [1.165, 1.54) is 7.11 Å². The zero-order valence-electron chi connectivity index (χ0n) is 8.66. The zero-order valence-corrected chi connectivity index (χ0v) is 9.42. The maximum absolute atomic E-state index is 11.9. The second-order valence-corrected chi connectivity index (χ2v) is 5.18. The van der Waals surface area contributed by atoms with Crippen molar-refractivity contribution in [1.29, 1.82) is 0 Å². The first-order valence-electron chi connectivity index (χ1n) is 5.37. The van der Waals surface area contributed by atoms with Crippen LogP contribution in [0.15, 0.2) is 0 Å². The molecule has 84 valence electrons. The zero-order chi connectivity index (χ0) is 10.7. The van der Waals surface area contributed by atoms with Crippen molar-refractivity contribution in [3.63, 3.8) is 0 Å². The number of carbonyl (C=O) groups is 1. The molecule has 15 heavy (non-hydrogen) atoms. The maximum atomic E-state index is 11.9. The fourth-order valence-electron chi connectivity index (χ4n) is 2.88. The van der Waals surface area contributed by atoms with Gasteiger partial charge in [0.05, 0.1) is 13.2 Å². The quantitative estimate of drug-likeness (QED) is 0.500. The van der Waals surface area contributed by atoms with Crippen LogP contribution in [0, 0.1) is 0 Å². The van der Waals surface area contributed by atoms with Gasteiger partial charge in [-0.15, -0.1) is 11.6 Å². The van der Waals surface area contributed by atoms with Crippen molar-refractivity contribution in [3.05, 3.63) is 0 Å². The molecule has 4 nitrogen and oxygen atoms in total. The Hall–Kier alpha value is -0.320. The summed E-state index contributed by atoms with van der Waals surface area (Å²) in [5, 5.41) is 1.89. The van der Waals surface area contributed by atoms with Gasteiger partial charge in [-0.25, -0.2) is 4.79 Å². The van der Waals surface area contributed by atoms with E-state index < -0.39 is 10.5 Å². The van der Waals surface area contributed by atoms with Gasteiger partial charge < -0.3 is 4.74 Å². The van der Waals surface area contributed by atoms with E-state index in [-0.39, 0.29) is 12.0 Å². The third-order valence-corrected chi connectivity index (χ3v) is 4.56. The van der Waals surface area contributed by atoms with E-state index >= 15 is 0 Å². The van der Waals surface area contributed by atoms with Gasteiger partial charge in [0, 0.05) is 6.54 Å². The molecule has 3 rings (SSSR count). The van der Waals surface area contributed by atoms with Gasteiger partial charge in [-0.1, -0.05) is 0 Å². The molecule has 3 fully saturated rings. The fourth-order valence-corrected chi connectivity index (χ4v) is 3.40. The summed E-state index contributed by atoms with van der Waals surface area (Å²) in [5.41, 5.74) is -0.466. The van der Waals surface area contributed by atoms with E-state index in [0.717, 1.165) is 32.2 Å². The lowest BCUT2D eigenvalue weighted by molar-refractivity contribution is -0.162. The van der Waals surface area contributed by atoms with Crippen LogP contribution in [0.2, 0.25) is 0 Å². The van der Waals surface area contributed by atoms with E-state index in [0.29, 0.717) is 0 Å². The first-order valence-corrected chi connectivity index (χ1v) is 5.75. The molecule has 0 radical (unpaired) electrons. The van der Waals surface area contributed by atoms with Gasteiger partial charge in [0.15, 0.2) is 4.87 Å². The third-order valence-electron chi connectivity index (χ3n) is 3.80. The summed E-state index contributed by atoms with van der Waals surface area (Å²) >= 11 is 6.54. The highest BCUT2D eigenvalue weighted by Gasteiger charge is 2.75. The average Bonchev–Trinajstić information content (AvgIpc) is 2.80. The summed E-state index contributed by atoms with van der Waals surface area (Å²) in [4.78, 5) is 16.7. The smallest absolute Gasteiger partial charge is 0.331 e. The SMILES string of the molecule is COC(=O)[C@]1(Cl)[C@@H]2CCCN2OC12CC2. The normalized spacial score (nSPS) is 41.9. The summed E-state index contributed by atoms with van der Waals surface area (Å²) in [6.07, 6.45) is 3.67. The first kappa shape index (κ1) is 9.87. The van der Waals surface area contributed by atoms with Crippen LogP contribution >= 0.6 is 11.6 Å². The highest BCUT2D eigenvalue weighted by molar-refractivity contribution is 6.36. The minimum absolute atomic E-state index is 0.00545. The van der Waals surface area contributed by atoms with Crippen LogP contribution < -0.4 is 0 Å². The Kier molecular flexibility index (Phi) is 1.89. The van der Waals surface area contributed by atoms with Crippen molar-refractivity contribution in [1.82, 2.24) is 5.06 Å². The van der Waals surface area contributed by atoms with Crippen molar-refractivity contribution in [2.24, 2.45) is 0 Å². The number of ether oxygens (including phenoxy) is 1. The summed E-state index contributed by atoms with van der Waals surface area (Å²) < 4.78 is 4.84. The van der Waals surface area contributed by atoms with Crippen molar-refractivity contribution < 1.29 is 14.4 Å². The summed E-state index contributed by atoms with van der Waals surface area (Å²) in [5.74, 6) is -0.337. The molecule has 0 unspecified atom stereocenters. The van der Waals surface area contributed by atoms with Gasteiger partial charge in [-0.2, -0.15) is 5.06 Å². The molecule has 2 heterocycles. The number of carbonyl (C=O) groups excluding carboxylic acids is 1. The average molecular weight is 232 g/mol. The molecule has 0 aromatic rings. The predicted octanol–water partition coefficient (Wildman–Crippen LogP) is 1.08. The Morgan fingerprint density at radius 1 is 1.60 bits per heavy atom. The molecule has 0 aromatic carbocycles. The minimum atomic E-state index is -0.974. The number of hydroxylamine groups is 2. The van der Waals surface area contributed by atoms with E-state index in [4.69, 9.17) is 21.2 Å². The molecule has 0 bridgehead atoms. The lowest BCUT2D eigenvalue weighted by atomic mass is 9.90. The highest BCUT2D eigenvalue weighted by Crippen LogP contribution is 2.61. The lowest BCUT2D eigenvalue weighted by Gasteiger charge is -2.27. The van der Waals surface area contributed by atoms with Crippen molar-refractivity contribution in [2.75, 3.05) is 13.7 Å². The van der Waals surface area contributed by atoms with Crippen molar-refractivity contribution in [2.45, 2.75) is 42.2 Å². The number of methoxy groups -OCH3 is 1. The lowest BCUT2D eigenvalue weighted by Crippen LogP contribution is -2.51. The molecule has 1 aliphatic carbocycles. The monoisotopic (exact) mass is 231 g/mol. The van der Waals surface area contributed by atoms with Crippen LogP contribution in [-0.4, -0.2) is 41.2 Å². The summed E-state index contributed by atoms with van der Waals surface area (Å²) in [7, 11) is 1.39. The van der Waals surface area contributed by atoms with Crippen LogP contribution in [0.4, 0.5) is 0 Å². The predicted molar refractivity (Wildman–Crippen MR) is 53.4 cm³/mol. The van der Waals surface area contributed by atoms with Gasteiger partial charge in [-0.05, 0) is 25.7 Å². The fraction of sp³-hybridized carbons (Fsp3) is 0.900. The van der Waals surface area contributed by atoms with Crippen LogP contribution in [0.3, 0.4) is 0 Å². The van der Waals surface area contributed by atoms with Crippen molar-refractivity contribution >= 4 is 17.6 Å². The Morgan fingerprint density at radius 2 is 2.33 bits per heavy atom. The first-order chi connectivity index (χ1) is 7.14. The molecule has 0 N–H and O–H groups in total. The van der Waals surface area contributed by atoms with Crippen molar-refractivity contribution in [3.8, 4) is 0 Å². The van der Waals surface area contributed by atoms with E-state index in [1.54, 1.807) is 0 Å². The number of nitrogens with zero attached hydrogens (tertiary/aromatic N) is 1. The van der Waals surface area contributed by atoms with E-state index in [9.17, 15) is 4.79 Å². The molecular formula is C10H14ClNO3. The Labute approximate surface area is 93.4 Å². The van der Waals surface area contributed by atoms with Crippen LogP contribution in [0.1, 0.15) is 25.7 Å². The van der Waals surface area contributed by atoms with E-state index in [1.807, 2.05) is 5.06 Å². The molecule has 0 aromatic heterocycles.